The number of carbonyl (C=O) groups is 1. The van der Waals surface area contributed by atoms with Gasteiger partial charge in [-0.2, -0.15) is 0 Å². The molecule has 2 fully saturated rings. The minimum absolute atomic E-state index is 0.157. The molecule has 0 aliphatic heterocycles. The van der Waals surface area contributed by atoms with Gasteiger partial charge in [0.15, 0.2) is 0 Å². The number of carbonyl (C=O) groups excluding carboxylic acids is 1. The zero-order valence-corrected chi connectivity index (χ0v) is 8.82. The van der Waals surface area contributed by atoms with Crippen LogP contribution in [0.3, 0.4) is 0 Å². The van der Waals surface area contributed by atoms with E-state index < -0.39 is 0 Å². The quantitative estimate of drug-likeness (QED) is 0.684. The molecule has 80 valence electrons. The molecule has 1 N–H and O–H groups in total. The molecular formula is C11H18O3. The predicted octanol–water partition coefficient (Wildman–Crippen LogP) is 1.49. The lowest BCUT2D eigenvalue weighted by Gasteiger charge is -2.37. The Morgan fingerprint density at radius 1 is 1.57 bits per heavy atom. The Morgan fingerprint density at radius 3 is 2.64 bits per heavy atom. The number of esters is 1. The second kappa shape index (κ2) is 3.23. The van der Waals surface area contributed by atoms with Crippen LogP contribution in [0.1, 0.15) is 39.5 Å². The summed E-state index contributed by atoms with van der Waals surface area (Å²) >= 11 is 0. The summed E-state index contributed by atoms with van der Waals surface area (Å²) in [5.74, 6) is 0.560. The van der Waals surface area contributed by atoms with Crippen molar-refractivity contribution >= 4 is 5.97 Å². The Balaban J connectivity index is 2.13. The van der Waals surface area contributed by atoms with E-state index in [1.165, 1.54) is 6.92 Å². The molecule has 0 heterocycles. The van der Waals surface area contributed by atoms with Gasteiger partial charge in [0.05, 0.1) is 6.10 Å². The zero-order valence-electron chi connectivity index (χ0n) is 8.82. The first-order valence-corrected chi connectivity index (χ1v) is 5.45. The number of aliphatic hydroxyl groups excluding tert-OH is 1. The summed E-state index contributed by atoms with van der Waals surface area (Å²) in [7, 11) is 0. The molecule has 0 radical (unpaired) electrons. The monoisotopic (exact) mass is 198 g/mol. The number of hydrogen-bond acceptors (Lipinski definition) is 3. The van der Waals surface area contributed by atoms with Crippen molar-refractivity contribution in [3.05, 3.63) is 0 Å². The van der Waals surface area contributed by atoms with Crippen LogP contribution in [0.15, 0.2) is 0 Å². The van der Waals surface area contributed by atoms with Crippen molar-refractivity contribution in [1.82, 2.24) is 0 Å². The van der Waals surface area contributed by atoms with Crippen LogP contribution in [0, 0.1) is 11.8 Å². The minimum atomic E-state index is -0.254. The van der Waals surface area contributed by atoms with Crippen LogP contribution in [-0.4, -0.2) is 22.8 Å². The number of ether oxygens (including phenoxy) is 1. The molecule has 0 aromatic rings. The lowest BCUT2D eigenvalue weighted by molar-refractivity contribution is -0.166. The maximum atomic E-state index is 11.0. The summed E-state index contributed by atoms with van der Waals surface area (Å²) in [6.07, 6.45) is 3.42. The van der Waals surface area contributed by atoms with Crippen LogP contribution < -0.4 is 0 Å². The van der Waals surface area contributed by atoms with Crippen molar-refractivity contribution < 1.29 is 14.6 Å². The lowest BCUT2D eigenvalue weighted by Crippen LogP contribution is -2.42. The average molecular weight is 198 g/mol. The van der Waals surface area contributed by atoms with Gasteiger partial charge >= 0.3 is 5.97 Å². The van der Waals surface area contributed by atoms with Gasteiger partial charge in [0.1, 0.15) is 5.60 Å². The van der Waals surface area contributed by atoms with Crippen LogP contribution in [-0.2, 0) is 9.53 Å². The number of fused-ring (bicyclic) bond motifs is 2. The Kier molecular flexibility index (Phi) is 2.30. The summed E-state index contributed by atoms with van der Waals surface area (Å²) in [6, 6.07) is 0. The normalized spacial score (nSPS) is 45.5. The van der Waals surface area contributed by atoms with Gasteiger partial charge in [0.25, 0.3) is 0 Å². The zero-order chi connectivity index (χ0) is 10.3. The van der Waals surface area contributed by atoms with Crippen molar-refractivity contribution in [2.24, 2.45) is 11.8 Å². The van der Waals surface area contributed by atoms with Crippen molar-refractivity contribution in [3.8, 4) is 0 Å². The molecule has 2 bridgehead atoms. The Morgan fingerprint density at radius 2 is 2.29 bits per heavy atom. The van der Waals surface area contributed by atoms with Gasteiger partial charge < -0.3 is 9.84 Å². The molecule has 2 aliphatic rings. The van der Waals surface area contributed by atoms with E-state index in [1.54, 1.807) is 0 Å². The molecule has 0 spiro atoms. The lowest BCUT2D eigenvalue weighted by atomic mass is 9.81. The molecule has 2 rings (SSSR count). The first kappa shape index (κ1) is 9.97. The fourth-order valence-corrected chi connectivity index (χ4v) is 3.28. The smallest absolute Gasteiger partial charge is 0.303 e. The van der Waals surface area contributed by atoms with E-state index in [2.05, 4.69) is 6.92 Å². The summed E-state index contributed by atoms with van der Waals surface area (Å²) in [4.78, 5) is 11.0. The van der Waals surface area contributed by atoms with Crippen molar-refractivity contribution in [2.75, 3.05) is 0 Å². The van der Waals surface area contributed by atoms with E-state index >= 15 is 0 Å². The maximum absolute atomic E-state index is 11.0. The van der Waals surface area contributed by atoms with Crippen LogP contribution in [0.4, 0.5) is 0 Å². The van der Waals surface area contributed by atoms with Crippen LogP contribution >= 0.6 is 0 Å². The number of aliphatic hydroxyl groups is 1. The fraction of sp³-hybridized carbons (Fsp3) is 0.909. The van der Waals surface area contributed by atoms with E-state index in [0.29, 0.717) is 11.8 Å². The molecule has 4 atom stereocenters. The third-order valence-electron chi connectivity index (χ3n) is 3.95. The van der Waals surface area contributed by atoms with Gasteiger partial charge in [-0.25, -0.2) is 0 Å². The molecule has 4 unspecified atom stereocenters. The van der Waals surface area contributed by atoms with Crippen molar-refractivity contribution in [1.29, 1.82) is 0 Å². The first-order valence-electron chi connectivity index (χ1n) is 5.45. The van der Waals surface area contributed by atoms with Gasteiger partial charge in [0, 0.05) is 12.8 Å². The SMILES string of the molecule is CCC1(OC(C)=O)CC2CC1CC2O. The molecule has 0 aromatic carbocycles. The Bertz CT molecular complexity index is 249. The van der Waals surface area contributed by atoms with E-state index in [4.69, 9.17) is 4.74 Å². The first-order chi connectivity index (χ1) is 6.57. The molecule has 2 saturated carbocycles. The second-order valence-electron chi connectivity index (χ2n) is 4.71. The largest absolute Gasteiger partial charge is 0.459 e. The van der Waals surface area contributed by atoms with Crippen LogP contribution in [0.2, 0.25) is 0 Å². The molecular weight excluding hydrogens is 180 g/mol. The highest BCUT2D eigenvalue weighted by Crippen LogP contribution is 2.54. The highest BCUT2D eigenvalue weighted by atomic mass is 16.6. The fourth-order valence-electron chi connectivity index (χ4n) is 3.28. The van der Waals surface area contributed by atoms with Crippen LogP contribution in [0.25, 0.3) is 0 Å². The molecule has 14 heavy (non-hydrogen) atoms. The number of hydrogen-bond donors (Lipinski definition) is 1. The topological polar surface area (TPSA) is 46.5 Å². The second-order valence-corrected chi connectivity index (χ2v) is 4.71. The molecule has 0 aromatic heterocycles. The van der Waals surface area contributed by atoms with Gasteiger partial charge in [-0.3, -0.25) is 4.79 Å². The highest BCUT2D eigenvalue weighted by molar-refractivity contribution is 5.66. The van der Waals surface area contributed by atoms with Crippen LogP contribution in [0.5, 0.6) is 0 Å². The van der Waals surface area contributed by atoms with Gasteiger partial charge in [-0.05, 0) is 31.6 Å². The molecule has 3 heteroatoms. The van der Waals surface area contributed by atoms with E-state index in [0.717, 1.165) is 25.7 Å². The number of rotatable bonds is 2. The third-order valence-corrected chi connectivity index (χ3v) is 3.95. The van der Waals surface area contributed by atoms with E-state index in [-0.39, 0.29) is 17.7 Å². The maximum Gasteiger partial charge on any atom is 0.303 e. The standard InChI is InChI=1S/C11H18O3/c1-3-11(14-7(2)12)6-8-4-9(11)5-10(8)13/h8-10,13H,3-6H2,1-2H3. The van der Waals surface area contributed by atoms with Crippen molar-refractivity contribution in [2.45, 2.75) is 51.2 Å². The highest BCUT2D eigenvalue weighted by Gasteiger charge is 2.55. The van der Waals surface area contributed by atoms with Crippen molar-refractivity contribution in [3.63, 3.8) is 0 Å². The molecule has 0 saturated heterocycles. The average Bonchev–Trinajstić information content (AvgIpc) is 2.60. The minimum Gasteiger partial charge on any atom is -0.459 e. The van der Waals surface area contributed by atoms with Gasteiger partial charge in [-0.15, -0.1) is 0 Å². The summed E-state index contributed by atoms with van der Waals surface area (Å²) in [6.45, 7) is 3.54. The molecule has 3 nitrogen and oxygen atoms in total. The van der Waals surface area contributed by atoms with Gasteiger partial charge in [0.2, 0.25) is 0 Å². The summed E-state index contributed by atoms with van der Waals surface area (Å²) in [5.41, 5.74) is -0.254. The third kappa shape index (κ3) is 1.34. The predicted molar refractivity (Wildman–Crippen MR) is 51.6 cm³/mol. The Labute approximate surface area is 84.4 Å². The summed E-state index contributed by atoms with van der Waals surface area (Å²) < 4.78 is 5.48. The Hall–Kier alpha value is -0.570. The van der Waals surface area contributed by atoms with Gasteiger partial charge in [-0.1, -0.05) is 6.92 Å². The molecule has 2 aliphatic carbocycles. The molecule has 0 amide bonds. The summed E-state index contributed by atoms with van der Waals surface area (Å²) in [5, 5.41) is 9.64. The van der Waals surface area contributed by atoms with E-state index in [9.17, 15) is 9.90 Å². The van der Waals surface area contributed by atoms with E-state index in [1.807, 2.05) is 0 Å².